The van der Waals surface area contributed by atoms with Crippen LogP contribution >= 0.6 is 11.6 Å². The maximum absolute atomic E-state index is 12.0. The standard InChI is InChI=1S/C10H10ClN3O5S/c11-9-3-7(8(4-12-9)14(16)17)10(15)13-6-1-2-20(18,19)5-6/h3-4,6H,1-2,5H2,(H,13,15). The van der Waals surface area contributed by atoms with Crippen LogP contribution in [0.5, 0.6) is 0 Å². The Morgan fingerprint density at radius 1 is 1.55 bits per heavy atom. The van der Waals surface area contributed by atoms with Gasteiger partial charge in [0.1, 0.15) is 16.9 Å². The first-order valence-electron chi connectivity index (χ1n) is 5.60. The average Bonchev–Trinajstić information content (AvgIpc) is 2.68. The van der Waals surface area contributed by atoms with Crippen molar-refractivity contribution in [2.75, 3.05) is 11.5 Å². The van der Waals surface area contributed by atoms with Gasteiger partial charge in [0.25, 0.3) is 11.6 Å². The van der Waals surface area contributed by atoms with Gasteiger partial charge in [-0.05, 0) is 12.5 Å². The molecule has 2 heterocycles. The Kier molecular flexibility index (Phi) is 3.91. The maximum Gasteiger partial charge on any atom is 0.300 e. The second-order valence-electron chi connectivity index (χ2n) is 4.35. The molecule has 0 saturated carbocycles. The zero-order valence-corrected chi connectivity index (χ0v) is 11.6. The van der Waals surface area contributed by atoms with Crippen LogP contribution in [0.4, 0.5) is 5.69 Å². The van der Waals surface area contributed by atoms with Crippen LogP contribution in [0.3, 0.4) is 0 Å². The summed E-state index contributed by atoms with van der Waals surface area (Å²) in [4.78, 5) is 25.6. The predicted molar refractivity (Wildman–Crippen MR) is 70.4 cm³/mol. The van der Waals surface area contributed by atoms with E-state index >= 15 is 0 Å². The number of hydrogen-bond donors (Lipinski definition) is 1. The lowest BCUT2D eigenvalue weighted by atomic mass is 10.2. The largest absolute Gasteiger partial charge is 0.348 e. The Morgan fingerprint density at radius 3 is 2.80 bits per heavy atom. The van der Waals surface area contributed by atoms with Crippen LogP contribution in [0, 0.1) is 10.1 Å². The molecule has 1 N–H and O–H groups in total. The number of halogens is 1. The van der Waals surface area contributed by atoms with Crippen molar-refractivity contribution >= 4 is 33.0 Å². The molecule has 0 aromatic carbocycles. The van der Waals surface area contributed by atoms with E-state index in [2.05, 4.69) is 10.3 Å². The highest BCUT2D eigenvalue weighted by Gasteiger charge is 2.31. The van der Waals surface area contributed by atoms with Crippen molar-refractivity contribution in [3.8, 4) is 0 Å². The molecule has 1 atom stereocenters. The summed E-state index contributed by atoms with van der Waals surface area (Å²) in [6, 6.07) is 0.539. The third-order valence-corrected chi connectivity index (χ3v) is 4.83. The van der Waals surface area contributed by atoms with E-state index in [1.54, 1.807) is 0 Å². The number of carbonyl (C=O) groups excluding carboxylic acids is 1. The van der Waals surface area contributed by atoms with E-state index in [1.165, 1.54) is 0 Å². The Hall–Kier alpha value is -1.74. The topological polar surface area (TPSA) is 119 Å². The predicted octanol–water partition coefficient (Wildman–Crippen LogP) is 0.560. The van der Waals surface area contributed by atoms with E-state index in [-0.39, 0.29) is 22.2 Å². The van der Waals surface area contributed by atoms with Crippen molar-refractivity contribution < 1.29 is 18.1 Å². The molecule has 0 bridgehead atoms. The highest BCUT2D eigenvalue weighted by molar-refractivity contribution is 7.91. The minimum Gasteiger partial charge on any atom is -0.348 e. The van der Waals surface area contributed by atoms with E-state index in [4.69, 9.17) is 11.6 Å². The molecule has 10 heteroatoms. The van der Waals surface area contributed by atoms with Gasteiger partial charge in [0, 0.05) is 6.04 Å². The summed E-state index contributed by atoms with van der Waals surface area (Å²) >= 11 is 5.62. The minimum atomic E-state index is -3.14. The monoisotopic (exact) mass is 319 g/mol. The zero-order valence-electron chi connectivity index (χ0n) is 10.1. The van der Waals surface area contributed by atoms with Crippen molar-refractivity contribution in [3.05, 3.63) is 33.1 Å². The van der Waals surface area contributed by atoms with E-state index < -0.39 is 32.4 Å². The van der Waals surface area contributed by atoms with Crippen molar-refractivity contribution in [1.82, 2.24) is 10.3 Å². The minimum absolute atomic E-state index is 0.00284. The van der Waals surface area contributed by atoms with Crippen LogP contribution < -0.4 is 5.32 Å². The smallest absolute Gasteiger partial charge is 0.300 e. The number of rotatable bonds is 3. The van der Waals surface area contributed by atoms with Gasteiger partial charge in [0.05, 0.1) is 16.4 Å². The normalized spacial score (nSPS) is 20.6. The number of carbonyl (C=O) groups is 1. The molecule has 1 aliphatic heterocycles. The molecule has 0 radical (unpaired) electrons. The lowest BCUT2D eigenvalue weighted by Gasteiger charge is -2.10. The first-order chi connectivity index (χ1) is 9.28. The van der Waals surface area contributed by atoms with Gasteiger partial charge in [-0.1, -0.05) is 11.6 Å². The Labute approximate surface area is 119 Å². The van der Waals surface area contributed by atoms with E-state index in [1.807, 2.05) is 0 Å². The third kappa shape index (κ3) is 3.23. The molecule has 1 aliphatic rings. The second kappa shape index (κ2) is 5.33. The molecule has 108 valence electrons. The zero-order chi connectivity index (χ0) is 14.9. The van der Waals surface area contributed by atoms with Crippen LogP contribution in [0.1, 0.15) is 16.8 Å². The molecule has 0 spiro atoms. The molecule has 1 aromatic heterocycles. The van der Waals surface area contributed by atoms with Gasteiger partial charge >= 0.3 is 0 Å². The Morgan fingerprint density at radius 2 is 2.25 bits per heavy atom. The summed E-state index contributed by atoms with van der Waals surface area (Å²) in [6.45, 7) is 0. The lowest BCUT2D eigenvalue weighted by molar-refractivity contribution is -0.385. The number of sulfone groups is 1. The fourth-order valence-electron chi connectivity index (χ4n) is 1.92. The number of nitrogens with zero attached hydrogens (tertiary/aromatic N) is 2. The summed E-state index contributed by atoms with van der Waals surface area (Å²) < 4.78 is 22.6. The summed E-state index contributed by atoms with van der Waals surface area (Å²) in [7, 11) is -3.14. The molecule has 1 fully saturated rings. The van der Waals surface area contributed by atoms with Crippen LogP contribution in [0.25, 0.3) is 0 Å². The summed E-state index contributed by atoms with van der Waals surface area (Å²) in [5, 5.41) is 13.2. The van der Waals surface area contributed by atoms with Gasteiger partial charge in [-0.15, -0.1) is 0 Å². The summed E-state index contributed by atoms with van der Waals surface area (Å²) in [5.41, 5.74) is -0.716. The third-order valence-electron chi connectivity index (χ3n) is 2.86. The van der Waals surface area contributed by atoms with Crippen LogP contribution in [0.15, 0.2) is 12.3 Å². The lowest BCUT2D eigenvalue weighted by Crippen LogP contribution is -2.35. The van der Waals surface area contributed by atoms with Gasteiger partial charge in [0.15, 0.2) is 9.84 Å². The van der Waals surface area contributed by atoms with Crippen molar-refractivity contribution in [2.24, 2.45) is 0 Å². The molecule has 1 amide bonds. The van der Waals surface area contributed by atoms with Crippen LogP contribution in [0.2, 0.25) is 5.15 Å². The van der Waals surface area contributed by atoms with E-state index in [0.29, 0.717) is 6.42 Å². The first-order valence-corrected chi connectivity index (χ1v) is 7.79. The molecule has 0 aliphatic carbocycles. The molecular formula is C10H10ClN3O5S. The molecule has 2 rings (SSSR count). The molecule has 20 heavy (non-hydrogen) atoms. The fraction of sp³-hybridized carbons (Fsp3) is 0.400. The Bertz CT molecular complexity index is 675. The highest BCUT2D eigenvalue weighted by atomic mass is 35.5. The van der Waals surface area contributed by atoms with Gasteiger partial charge < -0.3 is 5.32 Å². The number of aromatic nitrogens is 1. The molecular weight excluding hydrogens is 310 g/mol. The van der Waals surface area contributed by atoms with E-state index in [0.717, 1.165) is 12.3 Å². The van der Waals surface area contributed by atoms with E-state index in [9.17, 15) is 23.3 Å². The number of nitrogens with one attached hydrogen (secondary N) is 1. The SMILES string of the molecule is O=C(NC1CCS(=O)(=O)C1)c1cc(Cl)ncc1[N+](=O)[O-]. The van der Waals surface area contributed by atoms with Crippen LogP contribution in [-0.4, -0.2) is 41.8 Å². The number of nitro groups is 1. The van der Waals surface area contributed by atoms with Crippen molar-refractivity contribution in [1.29, 1.82) is 0 Å². The molecule has 1 saturated heterocycles. The first kappa shape index (κ1) is 14.7. The van der Waals surface area contributed by atoms with Gasteiger partial charge in [-0.3, -0.25) is 14.9 Å². The average molecular weight is 320 g/mol. The summed E-state index contributed by atoms with van der Waals surface area (Å²) in [6.07, 6.45) is 1.18. The highest BCUT2D eigenvalue weighted by Crippen LogP contribution is 2.21. The molecule has 8 nitrogen and oxygen atoms in total. The second-order valence-corrected chi connectivity index (χ2v) is 6.97. The van der Waals surface area contributed by atoms with Gasteiger partial charge in [-0.2, -0.15) is 0 Å². The summed E-state index contributed by atoms with van der Waals surface area (Å²) in [5.74, 6) is -0.897. The molecule has 1 aromatic rings. The number of amides is 1. The van der Waals surface area contributed by atoms with Crippen LogP contribution in [-0.2, 0) is 9.84 Å². The van der Waals surface area contributed by atoms with Crippen molar-refractivity contribution in [3.63, 3.8) is 0 Å². The fourth-order valence-corrected chi connectivity index (χ4v) is 3.75. The van der Waals surface area contributed by atoms with Gasteiger partial charge in [-0.25, -0.2) is 13.4 Å². The maximum atomic E-state index is 12.0. The number of pyridine rings is 1. The molecule has 1 unspecified atom stereocenters. The van der Waals surface area contributed by atoms with Crippen molar-refractivity contribution in [2.45, 2.75) is 12.5 Å². The number of hydrogen-bond acceptors (Lipinski definition) is 6. The quantitative estimate of drug-likeness (QED) is 0.494. The Balaban J connectivity index is 2.21. The van der Waals surface area contributed by atoms with Gasteiger partial charge in [0.2, 0.25) is 0 Å².